The molecule has 1 aromatic carbocycles. The minimum atomic E-state index is -0.529. The zero-order valence-electron chi connectivity index (χ0n) is 15.5. The first kappa shape index (κ1) is 19.0. The Bertz CT molecular complexity index is 1160. The van der Waals surface area contributed by atoms with Gasteiger partial charge in [-0.2, -0.15) is 0 Å². The van der Waals surface area contributed by atoms with E-state index in [4.69, 9.17) is 13.6 Å². The number of carbonyl (C=O) groups is 2. The Morgan fingerprint density at radius 2 is 2.07 bits per heavy atom. The number of amides is 1. The molecule has 0 radical (unpaired) electrons. The van der Waals surface area contributed by atoms with Gasteiger partial charge in [0, 0.05) is 5.39 Å². The molecule has 0 bridgehead atoms. The number of thioether (sulfide) groups is 1. The van der Waals surface area contributed by atoms with E-state index in [0.29, 0.717) is 27.5 Å². The predicted molar refractivity (Wildman–Crippen MR) is 106 cm³/mol. The SMILES string of the molecule is C[C@H](NC(=O)COC(=O)CSc1ncnc2c1oc1ccccc12)c1ccco1. The molecular weight excluding hydrogens is 394 g/mol. The number of ether oxygens (including phenoxy) is 1. The van der Waals surface area contributed by atoms with Crippen molar-refractivity contribution < 1.29 is 23.2 Å². The lowest BCUT2D eigenvalue weighted by Crippen LogP contribution is -2.31. The second-order valence-electron chi connectivity index (χ2n) is 6.21. The monoisotopic (exact) mass is 411 g/mol. The van der Waals surface area contributed by atoms with Crippen LogP contribution in [-0.2, 0) is 14.3 Å². The molecule has 1 N–H and O–H groups in total. The maximum Gasteiger partial charge on any atom is 0.316 e. The van der Waals surface area contributed by atoms with E-state index in [1.807, 2.05) is 24.3 Å². The molecule has 0 saturated carbocycles. The summed E-state index contributed by atoms with van der Waals surface area (Å²) >= 11 is 1.17. The van der Waals surface area contributed by atoms with E-state index < -0.39 is 11.9 Å². The van der Waals surface area contributed by atoms with Gasteiger partial charge in [0.05, 0.1) is 18.1 Å². The predicted octanol–water partition coefficient (Wildman–Crippen LogP) is 3.48. The number of hydrogen-bond acceptors (Lipinski definition) is 8. The highest BCUT2D eigenvalue weighted by Crippen LogP contribution is 2.32. The van der Waals surface area contributed by atoms with E-state index in [0.717, 1.165) is 5.39 Å². The van der Waals surface area contributed by atoms with Gasteiger partial charge in [-0.05, 0) is 31.2 Å². The fourth-order valence-corrected chi connectivity index (χ4v) is 3.54. The van der Waals surface area contributed by atoms with Crippen LogP contribution in [0, 0.1) is 0 Å². The zero-order chi connectivity index (χ0) is 20.2. The Labute approximate surface area is 169 Å². The summed E-state index contributed by atoms with van der Waals surface area (Å²) in [4.78, 5) is 32.4. The number of rotatable bonds is 7. The van der Waals surface area contributed by atoms with Crippen LogP contribution in [0.1, 0.15) is 18.7 Å². The van der Waals surface area contributed by atoms with Gasteiger partial charge in [0.2, 0.25) is 0 Å². The largest absolute Gasteiger partial charge is 0.467 e. The van der Waals surface area contributed by atoms with E-state index in [9.17, 15) is 9.59 Å². The first-order valence-electron chi connectivity index (χ1n) is 8.85. The van der Waals surface area contributed by atoms with Crippen LogP contribution in [0.2, 0.25) is 0 Å². The molecule has 4 aromatic rings. The maximum absolute atomic E-state index is 12.0. The van der Waals surface area contributed by atoms with Crippen LogP contribution in [-0.4, -0.2) is 34.2 Å². The number of carbonyl (C=O) groups excluding carboxylic acids is 2. The van der Waals surface area contributed by atoms with Gasteiger partial charge in [0.1, 0.15) is 28.2 Å². The lowest BCUT2D eigenvalue weighted by atomic mass is 10.2. The van der Waals surface area contributed by atoms with Gasteiger partial charge in [-0.15, -0.1) is 0 Å². The van der Waals surface area contributed by atoms with E-state index >= 15 is 0 Å². The molecular formula is C20H17N3O5S. The number of nitrogens with one attached hydrogen (secondary N) is 1. The fourth-order valence-electron chi connectivity index (χ4n) is 2.81. The molecule has 4 rings (SSSR count). The van der Waals surface area contributed by atoms with Crippen molar-refractivity contribution in [1.29, 1.82) is 0 Å². The average molecular weight is 411 g/mol. The van der Waals surface area contributed by atoms with Crippen LogP contribution in [0.3, 0.4) is 0 Å². The number of benzene rings is 1. The topological polar surface area (TPSA) is 107 Å². The number of nitrogens with zero attached hydrogens (tertiary/aromatic N) is 2. The van der Waals surface area contributed by atoms with Gasteiger partial charge in [-0.3, -0.25) is 9.59 Å². The second kappa shape index (κ2) is 8.36. The van der Waals surface area contributed by atoms with Crippen molar-refractivity contribution in [2.45, 2.75) is 18.0 Å². The zero-order valence-corrected chi connectivity index (χ0v) is 16.3. The highest BCUT2D eigenvalue weighted by Gasteiger charge is 2.16. The fraction of sp³-hybridized carbons (Fsp3) is 0.200. The number of aromatic nitrogens is 2. The van der Waals surface area contributed by atoms with Gasteiger partial charge < -0.3 is 18.9 Å². The quantitative estimate of drug-likeness (QED) is 0.280. The maximum atomic E-state index is 12.0. The van der Waals surface area contributed by atoms with Gasteiger partial charge in [0.25, 0.3) is 5.91 Å². The van der Waals surface area contributed by atoms with Gasteiger partial charge >= 0.3 is 5.97 Å². The molecule has 3 heterocycles. The van der Waals surface area contributed by atoms with Gasteiger partial charge in [-0.25, -0.2) is 9.97 Å². The van der Waals surface area contributed by atoms with Crippen molar-refractivity contribution >= 4 is 45.7 Å². The summed E-state index contributed by atoms with van der Waals surface area (Å²) < 4.78 is 16.1. The Morgan fingerprint density at radius 3 is 2.90 bits per heavy atom. The molecule has 0 aliphatic rings. The third-order valence-electron chi connectivity index (χ3n) is 4.16. The van der Waals surface area contributed by atoms with Crippen LogP contribution in [0.25, 0.3) is 22.1 Å². The lowest BCUT2D eigenvalue weighted by molar-refractivity contribution is -0.146. The van der Waals surface area contributed by atoms with Crippen LogP contribution < -0.4 is 5.32 Å². The molecule has 0 aliphatic heterocycles. The third kappa shape index (κ3) is 4.24. The van der Waals surface area contributed by atoms with Crippen molar-refractivity contribution in [3.63, 3.8) is 0 Å². The second-order valence-corrected chi connectivity index (χ2v) is 7.17. The van der Waals surface area contributed by atoms with Crippen molar-refractivity contribution in [3.05, 3.63) is 54.7 Å². The van der Waals surface area contributed by atoms with E-state index in [2.05, 4.69) is 15.3 Å². The number of para-hydroxylation sites is 1. The number of fused-ring (bicyclic) bond motifs is 3. The molecule has 0 unspecified atom stereocenters. The molecule has 9 heteroatoms. The van der Waals surface area contributed by atoms with E-state index in [1.54, 1.807) is 19.1 Å². The van der Waals surface area contributed by atoms with Crippen LogP contribution in [0.5, 0.6) is 0 Å². The Kier molecular flexibility index (Phi) is 5.48. The Morgan fingerprint density at radius 1 is 1.21 bits per heavy atom. The minimum absolute atomic E-state index is 0.00975. The molecule has 1 atom stereocenters. The Hall–Kier alpha value is -3.33. The summed E-state index contributed by atoms with van der Waals surface area (Å²) in [5.74, 6) is -0.323. The highest BCUT2D eigenvalue weighted by atomic mass is 32.2. The van der Waals surface area contributed by atoms with E-state index in [1.165, 1.54) is 24.4 Å². The molecule has 3 aromatic heterocycles. The lowest BCUT2D eigenvalue weighted by Gasteiger charge is -2.11. The van der Waals surface area contributed by atoms with Crippen LogP contribution in [0.4, 0.5) is 0 Å². The summed E-state index contributed by atoms with van der Waals surface area (Å²) in [6, 6.07) is 10.7. The molecule has 0 spiro atoms. The van der Waals surface area contributed by atoms with Crippen LogP contribution in [0.15, 0.2) is 62.8 Å². The van der Waals surface area contributed by atoms with Crippen LogP contribution >= 0.6 is 11.8 Å². The standard InChI is InChI=1S/C20H17N3O5S/c1-12(14-7-4-8-26-14)23-16(24)9-27-17(25)10-29-20-19-18(21-11-22-20)13-5-2-3-6-15(13)28-19/h2-8,11-12H,9-10H2,1H3,(H,23,24)/t12-/m0/s1. The smallest absolute Gasteiger partial charge is 0.316 e. The molecule has 1 amide bonds. The van der Waals surface area contributed by atoms with Crippen molar-refractivity contribution in [3.8, 4) is 0 Å². The molecule has 0 saturated heterocycles. The normalized spacial score (nSPS) is 12.2. The summed E-state index contributed by atoms with van der Waals surface area (Å²) in [6.07, 6.45) is 2.96. The summed E-state index contributed by atoms with van der Waals surface area (Å²) in [7, 11) is 0. The summed E-state index contributed by atoms with van der Waals surface area (Å²) in [6.45, 7) is 1.41. The minimum Gasteiger partial charge on any atom is -0.467 e. The molecule has 29 heavy (non-hydrogen) atoms. The average Bonchev–Trinajstić information content (AvgIpc) is 3.39. The third-order valence-corrected chi connectivity index (χ3v) is 5.11. The van der Waals surface area contributed by atoms with Crippen molar-refractivity contribution in [2.75, 3.05) is 12.4 Å². The molecule has 0 fully saturated rings. The summed E-state index contributed by atoms with van der Waals surface area (Å²) in [5, 5.41) is 4.12. The van der Waals surface area contributed by atoms with Crippen molar-refractivity contribution in [2.24, 2.45) is 0 Å². The first-order chi connectivity index (χ1) is 14.1. The molecule has 8 nitrogen and oxygen atoms in total. The number of hydrogen-bond donors (Lipinski definition) is 1. The Balaban J connectivity index is 1.32. The number of esters is 1. The summed E-state index contributed by atoms with van der Waals surface area (Å²) in [5.41, 5.74) is 1.92. The van der Waals surface area contributed by atoms with E-state index in [-0.39, 0.29) is 18.4 Å². The molecule has 148 valence electrons. The highest BCUT2D eigenvalue weighted by molar-refractivity contribution is 8.00. The van der Waals surface area contributed by atoms with Gasteiger partial charge in [0.15, 0.2) is 12.2 Å². The molecule has 0 aliphatic carbocycles. The van der Waals surface area contributed by atoms with Crippen molar-refractivity contribution in [1.82, 2.24) is 15.3 Å². The van der Waals surface area contributed by atoms with Gasteiger partial charge in [-0.1, -0.05) is 23.9 Å². The first-order valence-corrected chi connectivity index (χ1v) is 9.84. The number of furan rings is 2.